The van der Waals surface area contributed by atoms with Crippen LogP contribution in [0.3, 0.4) is 0 Å². The van der Waals surface area contributed by atoms with E-state index < -0.39 is 24.5 Å². The van der Waals surface area contributed by atoms with E-state index in [1.54, 1.807) is 12.1 Å². The fraction of sp³-hybridized carbons (Fsp3) is 0.464. The van der Waals surface area contributed by atoms with Gasteiger partial charge in [-0.3, -0.25) is 0 Å². The largest absolute Gasteiger partial charge is 0.479 e. The number of benzene rings is 2. The topological polar surface area (TPSA) is 55.8 Å². The summed E-state index contributed by atoms with van der Waals surface area (Å²) in [7, 11) is 0. The Hall–Kier alpha value is -2.66. The minimum atomic E-state index is -1.15. The van der Waals surface area contributed by atoms with Gasteiger partial charge in [-0.15, -0.1) is 0 Å². The van der Waals surface area contributed by atoms with Gasteiger partial charge in [0.15, 0.2) is 18.2 Å². The molecule has 1 aliphatic heterocycles. The maximum atomic E-state index is 14.7. The minimum Gasteiger partial charge on any atom is -0.479 e. The molecule has 0 bridgehead atoms. The van der Waals surface area contributed by atoms with E-state index in [1.807, 2.05) is 13.0 Å². The van der Waals surface area contributed by atoms with Gasteiger partial charge >= 0.3 is 5.97 Å². The Labute approximate surface area is 196 Å². The normalized spacial score (nSPS) is 22.6. The Balaban J connectivity index is 1.95. The summed E-state index contributed by atoms with van der Waals surface area (Å²) in [6, 6.07) is 15.1. The van der Waals surface area contributed by atoms with Crippen LogP contribution in [-0.2, 0) is 9.53 Å². The van der Waals surface area contributed by atoms with E-state index in [-0.39, 0.29) is 23.7 Å². The highest BCUT2D eigenvalue weighted by atomic mass is 19.1. The van der Waals surface area contributed by atoms with Crippen LogP contribution in [0, 0.1) is 11.7 Å². The number of aliphatic carboxylic acids is 1. The first-order chi connectivity index (χ1) is 15.9. The zero-order valence-corrected chi connectivity index (χ0v) is 19.6. The number of hydrogen-bond donors (Lipinski definition) is 1. The van der Waals surface area contributed by atoms with Crippen LogP contribution in [0.1, 0.15) is 75.5 Å². The first-order valence-corrected chi connectivity index (χ1v) is 11.9. The van der Waals surface area contributed by atoms with Crippen LogP contribution in [0.5, 0.6) is 5.75 Å². The predicted molar refractivity (Wildman–Crippen MR) is 128 cm³/mol. The third-order valence-corrected chi connectivity index (χ3v) is 6.49. The van der Waals surface area contributed by atoms with Crippen molar-refractivity contribution in [1.82, 2.24) is 0 Å². The molecule has 0 spiro atoms. The Bertz CT molecular complexity index is 927. The van der Waals surface area contributed by atoms with Gasteiger partial charge in [-0.05, 0) is 31.4 Å². The highest BCUT2D eigenvalue weighted by Gasteiger charge is 2.41. The maximum Gasteiger partial charge on any atom is 0.341 e. The molecule has 0 aliphatic carbocycles. The quantitative estimate of drug-likeness (QED) is 0.291. The Morgan fingerprint density at radius 1 is 1.15 bits per heavy atom. The molecule has 33 heavy (non-hydrogen) atoms. The summed E-state index contributed by atoms with van der Waals surface area (Å²) < 4.78 is 26.8. The molecule has 178 valence electrons. The van der Waals surface area contributed by atoms with E-state index in [9.17, 15) is 9.18 Å². The third-order valence-electron chi connectivity index (χ3n) is 6.49. The lowest BCUT2D eigenvalue weighted by Gasteiger charge is -2.43. The molecule has 0 saturated carbocycles. The van der Waals surface area contributed by atoms with Crippen molar-refractivity contribution in [2.75, 3.05) is 6.61 Å². The van der Waals surface area contributed by atoms with Crippen molar-refractivity contribution >= 4 is 5.97 Å². The van der Waals surface area contributed by atoms with Gasteiger partial charge in [0, 0.05) is 17.4 Å². The molecule has 0 aromatic heterocycles. The second-order valence-electron chi connectivity index (χ2n) is 8.99. The van der Waals surface area contributed by atoms with Crippen LogP contribution in [0.25, 0.3) is 0 Å². The van der Waals surface area contributed by atoms with Gasteiger partial charge in [0.05, 0.1) is 12.2 Å². The fourth-order valence-electron chi connectivity index (χ4n) is 4.80. The molecule has 1 fully saturated rings. The molecule has 1 aliphatic rings. The van der Waals surface area contributed by atoms with Crippen molar-refractivity contribution in [2.24, 2.45) is 5.92 Å². The number of carbonyl (C=O) groups is 1. The summed E-state index contributed by atoms with van der Waals surface area (Å²) in [5.41, 5.74) is 2.75. The van der Waals surface area contributed by atoms with Crippen molar-refractivity contribution in [3.8, 4) is 5.75 Å². The van der Waals surface area contributed by atoms with Gasteiger partial charge in [-0.1, -0.05) is 87.2 Å². The summed E-state index contributed by atoms with van der Waals surface area (Å²) in [4.78, 5) is 11.1. The fourth-order valence-corrected chi connectivity index (χ4v) is 4.80. The van der Waals surface area contributed by atoms with Crippen LogP contribution in [0.2, 0.25) is 0 Å². The second kappa shape index (κ2) is 12.0. The van der Waals surface area contributed by atoms with Crippen LogP contribution < -0.4 is 4.74 Å². The summed E-state index contributed by atoms with van der Waals surface area (Å²) >= 11 is 0. The lowest BCUT2D eigenvalue weighted by Crippen LogP contribution is -2.36. The maximum absolute atomic E-state index is 14.7. The van der Waals surface area contributed by atoms with Gasteiger partial charge in [0.2, 0.25) is 0 Å². The SMILES string of the molecule is C=C(C)[C@H]1C[C@H](c2ccccc2)[C@H](CCCCCC)O[C@@H]1c1cccc(F)c1OCC(=O)O. The molecule has 1 saturated heterocycles. The summed E-state index contributed by atoms with van der Waals surface area (Å²) in [5.74, 6) is -1.61. The van der Waals surface area contributed by atoms with Crippen LogP contribution >= 0.6 is 0 Å². The number of hydrogen-bond acceptors (Lipinski definition) is 3. The standard InChI is InChI=1S/C28H35FO4/c1-4-5-6-10-16-25-23(20-12-8-7-9-13-20)17-22(19(2)3)27(33-25)21-14-11-15-24(29)28(21)32-18-26(30)31/h7-9,11-15,22-23,25,27H,2,4-6,10,16-18H2,1,3H3,(H,30,31)/t22-,23-,25+,27-/m1/s1. The number of carboxylic acids is 1. The Morgan fingerprint density at radius 3 is 2.58 bits per heavy atom. The van der Waals surface area contributed by atoms with E-state index in [2.05, 4.69) is 37.8 Å². The van der Waals surface area contributed by atoms with Gasteiger partial charge in [-0.25, -0.2) is 9.18 Å². The first-order valence-electron chi connectivity index (χ1n) is 11.9. The number of ether oxygens (including phenoxy) is 2. The second-order valence-corrected chi connectivity index (χ2v) is 8.99. The molecule has 1 heterocycles. The lowest BCUT2D eigenvalue weighted by atomic mass is 9.74. The molecule has 0 unspecified atom stereocenters. The highest BCUT2D eigenvalue weighted by Crippen LogP contribution is 2.49. The summed E-state index contributed by atoms with van der Waals surface area (Å²) in [5, 5.41) is 9.06. The molecule has 5 heteroatoms. The number of halogens is 1. The molecular weight excluding hydrogens is 419 g/mol. The molecule has 2 aromatic carbocycles. The molecule has 2 aromatic rings. The van der Waals surface area contributed by atoms with Gasteiger partial charge in [0.1, 0.15) is 0 Å². The average molecular weight is 455 g/mol. The zero-order valence-electron chi connectivity index (χ0n) is 19.6. The van der Waals surface area contributed by atoms with Gasteiger partial charge in [0.25, 0.3) is 0 Å². The summed E-state index contributed by atoms with van der Waals surface area (Å²) in [6.07, 6.45) is 5.85. The Morgan fingerprint density at radius 2 is 1.91 bits per heavy atom. The van der Waals surface area contributed by atoms with E-state index >= 15 is 0 Å². The van der Waals surface area contributed by atoms with Crippen molar-refractivity contribution in [2.45, 2.75) is 70.5 Å². The predicted octanol–water partition coefficient (Wildman–Crippen LogP) is 7.07. The molecule has 0 amide bonds. The van der Waals surface area contributed by atoms with Crippen LogP contribution in [-0.4, -0.2) is 23.8 Å². The zero-order chi connectivity index (χ0) is 23.8. The van der Waals surface area contributed by atoms with Gasteiger partial charge in [-0.2, -0.15) is 0 Å². The van der Waals surface area contributed by atoms with Gasteiger partial charge < -0.3 is 14.6 Å². The first kappa shape index (κ1) is 25.0. The minimum absolute atomic E-state index is 0.0274. The average Bonchev–Trinajstić information content (AvgIpc) is 2.81. The number of rotatable bonds is 11. The molecular formula is C28H35FO4. The number of unbranched alkanes of at least 4 members (excludes halogenated alkanes) is 3. The van der Waals surface area contributed by atoms with E-state index in [0.717, 1.165) is 31.3 Å². The van der Waals surface area contributed by atoms with E-state index in [1.165, 1.54) is 24.5 Å². The summed E-state index contributed by atoms with van der Waals surface area (Å²) in [6.45, 7) is 7.77. The van der Waals surface area contributed by atoms with Crippen LogP contribution in [0.15, 0.2) is 60.7 Å². The Kier molecular flexibility index (Phi) is 9.07. The van der Waals surface area contributed by atoms with Crippen molar-refractivity contribution in [1.29, 1.82) is 0 Å². The highest BCUT2D eigenvalue weighted by molar-refractivity contribution is 5.68. The molecule has 4 atom stereocenters. The molecule has 3 rings (SSSR count). The monoisotopic (exact) mass is 454 g/mol. The van der Waals surface area contributed by atoms with Crippen LogP contribution in [0.4, 0.5) is 4.39 Å². The number of carboxylic acid groups (broad SMARTS) is 1. The lowest BCUT2D eigenvalue weighted by molar-refractivity contribution is -0.139. The van der Waals surface area contributed by atoms with Crippen molar-refractivity contribution < 1.29 is 23.8 Å². The van der Waals surface area contributed by atoms with Crippen molar-refractivity contribution in [3.63, 3.8) is 0 Å². The molecule has 0 radical (unpaired) electrons. The van der Waals surface area contributed by atoms with E-state index in [0.29, 0.717) is 5.56 Å². The smallest absolute Gasteiger partial charge is 0.341 e. The third kappa shape index (κ3) is 6.44. The molecule has 1 N–H and O–H groups in total. The van der Waals surface area contributed by atoms with E-state index in [4.69, 9.17) is 14.6 Å². The molecule has 4 nitrogen and oxygen atoms in total. The number of para-hydroxylation sites is 1. The van der Waals surface area contributed by atoms with Crippen molar-refractivity contribution in [3.05, 3.63) is 77.6 Å².